The highest BCUT2D eigenvalue weighted by Crippen LogP contribution is 2.37. The summed E-state index contributed by atoms with van der Waals surface area (Å²) in [6.45, 7) is 9.91. The molecule has 2 rings (SSSR count). The first kappa shape index (κ1) is 15.0. The Balaban J connectivity index is 1.98. The predicted octanol–water partition coefficient (Wildman–Crippen LogP) is 2.59. The topological polar surface area (TPSA) is 32.7 Å². The third kappa shape index (κ3) is 4.04. The quantitative estimate of drug-likeness (QED) is 0.798. The van der Waals surface area contributed by atoms with E-state index in [0.717, 1.165) is 51.5 Å². The number of nitrogens with zero attached hydrogens (tertiary/aromatic N) is 1. The fourth-order valence-corrected chi connectivity index (χ4v) is 3.40. The van der Waals surface area contributed by atoms with Gasteiger partial charge in [-0.25, -0.2) is 0 Å². The van der Waals surface area contributed by atoms with Crippen molar-refractivity contribution in [2.24, 2.45) is 5.92 Å². The van der Waals surface area contributed by atoms with E-state index in [1.807, 2.05) is 6.92 Å². The molecule has 0 spiro atoms. The van der Waals surface area contributed by atoms with Crippen LogP contribution >= 0.6 is 0 Å². The van der Waals surface area contributed by atoms with E-state index in [2.05, 4.69) is 24.8 Å². The second kappa shape index (κ2) is 6.38. The number of morpholine rings is 1. The predicted molar refractivity (Wildman–Crippen MR) is 78.2 cm³/mol. The van der Waals surface area contributed by atoms with Crippen molar-refractivity contribution in [3.05, 3.63) is 11.6 Å². The van der Waals surface area contributed by atoms with Crippen LogP contribution in [0.5, 0.6) is 0 Å². The van der Waals surface area contributed by atoms with Gasteiger partial charge in [-0.3, -0.25) is 4.90 Å². The van der Waals surface area contributed by atoms with Crippen LogP contribution in [0.15, 0.2) is 11.6 Å². The molecule has 1 heterocycles. The summed E-state index contributed by atoms with van der Waals surface area (Å²) in [6.07, 6.45) is 6.71. The fourth-order valence-electron chi connectivity index (χ4n) is 3.40. The summed E-state index contributed by atoms with van der Waals surface area (Å²) in [6, 6.07) is 0.306. The molecule has 2 fully saturated rings. The number of ether oxygens (including phenoxy) is 1. The van der Waals surface area contributed by atoms with Gasteiger partial charge in [0.05, 0.1) is 18.8 Å². The molecule has 1 N–H and O–H groups in total. The molecule has 0 aromatic heterocycles. The van der Waals surface area contributed by atoms with E-state index in [9.17, 15) is 5.11 Å². The van der Waals surface area contributed by atoms with Crippen LogP contribution in [-0.2, 0) is 4.74 Å². The second-order valence-corrected chi connectivity index (χ2v) is 6.68. The maximum atomic E-state index is 10.7. The number of rotatable bonds is 3. The Labute approximate surface area is 117 Å². The summed E-state index contributed by atoms with van der Waals surface area (Å²) in [5.74, 6) is 0.725. The standard InChI is InChI=1S/C16H29NO2/c1-13(2)4-5-14-6-7-16(3,18)15(12-14)17-8-10-19-11-9-17/h4,14-15,18H,5-12H2,1-3H3. The molecule has 1 aliphatic carbocycles. The van der Waals surface area contributed by atoms with Crippen LogP contribution in [0.25, 0.3) is 0 Å². The van der Waals surface area contributed by atoms with Gasteiger partial charge in [0.25, 0.3) is 0 Å². The Bertz CT molecular complexity index is 315. The van der Waals surface area contributed by atoms with Gasteiger partial charge in [0.2, 0.25) is 0 Å². The monoisotopic (exact) mass is 267 g/mol. The van der Waals surface area contributed by atoms with Crippen molar-refractivity contribution in [2.45, 2.75) is 58.1 Å². The molecular formula is C16H29NO2. The summed E-state index contributed by atoms with van der Waals surface area (Å²) < 4.78 is 5.43. The van der Waals surface area contributed by atoms with Crippen LogP contribution in [-0.4, -0.2) is 48.0 Å². The van der Waals surface area contributed by atoms with Crippen LogP contribution in [0, 0.1) is 5.92 Å². The van der Waals surface area contributed by atoms with Crippen molar-refractivity contribution in [2.75, 3.05) is 26.3 Å². The Morgan fingerprint density at radius 3 is 2.68 bits per heavy atom. The van der Waals surface area contributed by atoms with Crippen LogP contribution in [0.4, 0.5) is 0 Å². The molecule has 0 bridgehead atoms. The molecule has 1 saturated carbocycles. The molecular weight excluding hydrogens is 238 g/mol. The van der Waals surface area contributed by atoms with Crippen LogP contribution < -0.4 is 0 Å². The largest absolute Gasteiger partial charge is 0.389 e. The van der Waals surface area contributed by atoms with Crippen molar-refractivity contribution in [1.29, 1.82) is 0 Å². The normalized spacial score (nSPS) is 37.1. The minimum Gasteiger partial charge on any atom is -0.389 e. The van der Waals surface area contributed by atoms with Crippen molar-refractivity contribution in [1.82, 2.24) is 4.90 Å². The van der Waals surface area contributed by atoms with Gasteiger partial charge >= 0.3 is 0 Å². The smallest absolute Gasteiger partial charge is 0.0774 e. The van der Waals surface area contributed by atoms with Gasteiger partial charge < -0.3 is 9.84 Å². The lowest BCUT2D eigenvalue weighted by molar-refractivity contribution is -0.0965. The van der Waals surface area contributed by atoms with Gasteiger partial charge in [0.15, 0.2) is 0 Å². The molecule has 3 unspecified atom stereocenters. The first-order valence-corrected chi connectivity index (χ1v) is 7.66. The first-order chi connectivity index (χ1) is 8.99. The lowest BCUT2D eigenvalue weighted by atomic mass is 9.74. The molecule has 2 aliphatic rings. The molecule has 1 aliphatic heterocycles. The molecule has 3 heteroatoms. The van der Waals surface area contributed by atoms with E-state index in [1.165, 1.54) is 12.0 Å². The van der Waals surface area contributed by atoms with E-state index in [0.29, 0.717) is 6.04 Å². The summed E-state index contributed by atoms with van der Waals surface area (Å²) in [7, 11) is 0. The van der Waals surface area contributed by atoms with Crippen molar-refractivity contribution >= 4 is 0 Å². The minimum atomic E-state index is -0.529. The maximum Gasteiger partial charge on any atom is 0.0774 e. The van der Waals surface area contributed by atoms with Crippen LogP contribution in [0.3, 0.4) is 0 Å². The van der Waals surface area contributed by atoms with E-state index in [4.69, 9.17) is 4.74 Å². The van der Waals surface area contributed by atoms with Crippen molar-refractivity contribution in [3.8, 4) is 0 Å². The van der Waals surface area contributed by atoms with Crippen molar-refractivity contribution in [3.63, 3.8) is 0 Å². The molecule has 0 amide bonds. The number of allylic oxidation sites excluding steroid dienone is 2. The van der Waals surface area contributed by atoms with Gasteiger partial charge in [-0.15, -0.1) is 0 Å². The molecule has 3 atom stereocenters. The Hall–Kier alpha value is -0.380. The second-order valence-electron chi connectivity index (χ2n) is 6.68. The third-order valence-electron chi connectivity index (χ3n) is 4.68. The fraction of sp³-hybridized carbons (Fsp3) is 0.875. The summed E-state index contributed by atoms with van der Waals surface area (Å²) in [5, 5.41) is 10.7. The number of hydrogen-bond donors (Lipinski definition) is 1. The molecule has 0 aromatic carbocycles. The summed E-state index contributed by atoms with van der Waals surface area (Å²) in [4.78, 5) is 2.44. The zero-order valence-electron chi connectivity index (χ0n) is 12.7. The number of hydrogen-bond acceptors (Lipinski definition) is 3. The Morgan fingerprint density at radius 2 is 2.05 bits per heavy atom. The first-order valence-electron chi connectivity index (χ1n) is 7.66. The van der Waals surface area contributed by atoms with E-state index in [-0.39, 0.29) is 0 Å². The lowest BCUT2D eigenvalue weighted by Gasteiger charge is -2.47. The van der Waals surface area contributed by atoms with Gasteiger partial charge in [-0.05, 0) is 52.4 Å². The average Bonchev–Trinajstić information content (AvgIpc) is 2.38. The molecule has 3 nitrogen and oxygen atoms in total. The molecule has 110 valence electrons. The van der Waals surface area contributed by atoms with Crippen LogP contribution in [0.1, 0.15) is 46.5 Å². The van der Waals surface area contributed by atoms with Gasteiger partial charge in [0, 0.05) is 19.1 Å². The SMILES string of the molecule is CC(C)=CCC1CCC(C)(O)C(N2CCOCC2)C1. The summed E-state index contributed by atoms with van der Waals surface area (Å²) >= 11 is 0. The van der Waals surface area contributed by atoms with E-state index >= 15 is 0 Å². The van der Waals surface area contributed by atoms with Crippen molar-refractivity contribution < 1.29 is 9.84 Å². The van der Waals surface area contributed by atoms with Gasteiger partial charge in [-0.2, -0.15) is 0 Å². The molecule has 19 heavy (non-hydrogen) atoms. The molecule has 0 aromatic rings. The lowest BCUT2D eigenvalue weighted by Crippen LogP contribution is -2.57. The average molecular weight is 267 g/mol. The zero-order chi connectivity index (χ0) is 13.9. The van der Waals surface area contributed by atoms with Crippen LogP contribution in [0.2, 0.25) is 0 Å². The molecule has 1 saturated heterocycles. The maximum absolute atomic E-state index is 10.7. The third-order valence-corrected chi connectivity index (χ3v) is 4.68. The van der Waals surface area contributed by atoms with Gasteiger partial charge in [-0.1, -0.05) is 11.6 Å². The molecule has 0 radical (unpaired) electrons. The van der Waals surface area contributed by atoms with E-state index in [1.54, 1.807) is 0 Å². The highest BCUT2D eigenvalue weighted by molar-refractivity contribution is 5.00. The Morgan fingerprint density at radius 1 is 1.37 bits per heavy atom. The minimum absolute atomic E-state index is 0.306. The van der Waals surface area contributed by atoms with Gasteiger partial charge in [0.1, 0.15) is 0 Å². The Kier molecular flexibility index (Phi) is 5.04. The highest BCUT2D eigenvalue weighted by Gasteiger charge is 2.41. The van der Waals surface area contributed by atoms with E-state index < -0.39 is 5.60 Å². The number of aliphatic hydroxyl groups is 1. The highest BCUT2D eigenvalue weighted by atomic mass is 16.5. The summed E-state index contributed by atoms with van der Waals surface area (Å²) in [5.41, 5.74) is 0.874. The zero-order valence-corrected chi connectivity index (χ0v) is 12.7.